The Morgan fingerprint density at radius 1 is 0.359 bits per heavy atom. The number of rotatable bonds is 5. The molecule has 0 saturated heterocycles. The van der Waals surface area contributed by atoms with Crippen LogP contribution in [0.5, 0.6) is 0 Å². The number of fused-ring (bicyclic) bond motifs is 4. The minimum absolute atomic E-state index is 0.0230. The molecule has 1 aromatic heterocycles. The Hall–Kier alpha value is -7.36. The van der Waals surface area contributed by atoms with E-state index in [1.165, 1.54) is 59.2 Å². The Morgan fingerprint density at radius 2 is 0.781 bits per heavy atom. The van der Waals surface area contributed by atoms with Crippen molar-refractivity contribution in [2.24, 2.45) is 0 Å². The first-order valence-corrected chi connectivity index (χ1v) is 18.9. The second-order valence-corrected chi connectivity index (χ2v) is 14.9. The second-order valence-electron chi connectivity index (χ2n) is 14.9. The quantitative estimate of drug-likeness (QED) is 0.128. The largest absolute Gasteiger partial charge is 0.416 e. The molecule has 0 spiro atoms. The summed E-state index contributed by atoms with van der Waals surface area (Å²) in [5.74, 6) is -1.44. The van der Waals surface area contributed by atoms with Gasteiger partial charge in [-0.2, -0.15) is 52.7 Å². The van der Waals surface area contributed by atoms with Crippen LogP contribution in [0.4, 0.5) is 58.4 Å². The third-order valence-electron chi connectivity index (χ3n) is 11.0. The average Bonchev–Trinajstić information content (AvgIpc) is 3.71. The first-order chi connectivity index (χ1) is 30.1. The highest BCUT2D eigenvalue weighted by Gasteiger charge is 2.41. The average molecular weight is 889 g/mol. The Labute approximate surface area is 353 Å². The van der Waals surface area contributed by atoms with Crippen LogP contribution in [0.2, 0.25) is 0 Å². The van der Waals surface area contributed by atoms with Crippen LogP contribution >= 0.6 is 0 Å². The van der Waals surface area contributed by atoms with Crippen LogP contribution in [0.1, 0.15) is 43.0 Å². The van der Waals surface area contributed by atoms with E-state index in [2.05, 4.69) is 0 Å². The molecule has 0 bridgehead atoms. The fraction of sp³-hybridized carbons (Fsp3) is 0.0833. The van der Waals surface area contributed by atoms with E-state index >= 15 is 0 Å². The lowest BCUT2D eigenvalue weighted by Crippen LogP contribution is -2.29. The molecule has 9 rings (SSSR count). The molecule has 16 heteroatoms. The van der Waals surface area contributed by atoms with Crippen molar-refractivity contribution in [3.05, 3.63) is 179 Å². The predicted octanol–water partition coefficient (Wildman–Crippen LogP) is 14.7. The summed E-state index contributed by atoms with van der Waals surface area (Å²) in [6.45, 7) is 0. The topological polar surface area (TPSA) is 42.3 Å². The second kappa shape index (κ2) is 14.6. The number of nitrogens with zero attached hydrogens (tertiary/aromatic N) is 2. The molecule has 0 radical (unpaired) electrons. The Balaban J connectivity index is 1.26. The highest BCUT2D eigenvalue weighted by atomic mass is 19.4. The Morgan fingerprint density at radius 3 is 1.22 bits per heavy atom. The summed E-state index contributed by atoms with van der Waals surface area (Å²) >= 11 is 0. The predicted molar refractivity (Wildman–Crippen MR) is 215 cm³/mol. The fourth-order valence-electron chi connectivity index (χ4n) is 8.01. The van der Waals surface area contributed by atoms with Crippen molar-refractivity contribution in [1.29, 1.82) is 0 Å². The molecule has 2 amide bonds. The molecule has 4 nitrogen and oxygen atoms in total. The molecule has 64 heavy (non-hydrogen) atoms. The number of carbonyl (C=O) groups is 2. The Bertz CT molecular complexity index is 3000. The zero-order valence-corrected chi connectivity index (χ0v) is 32.1. The molecule has 8 aromatic rings. The van der Waals surface area contributed by atoms with Crippen LogP contribution in [-0.2, 0) is 24.7 Å². The van der Waals surface area contributed by atoms with Gasteiger partial charge < -0.3 is 4.57 Å². The van der Waals surface area contributed by atoms with Crippen molar-refractivity contribution < 1.29 is 62.3 Å². The molecule has 0 saturated carbocycles. The minimum atomic E-state index is -5.19. The summed E-state index contributed by atoms with van der Waals surface area (Å²) < 4.78 is 169. The van der Waals surface area contributed by atoms with Crippen LogP contribution in [-0.4, -0.2) is 16.4 Å². The summed E-state index contributed by atoms with van der Waals surface area (Å²) in [5.41, 5.74) is -5.55. The number of amides is 2. The lowest BCUT2D eigenvalue weighted by molar-refractivity contribution is -0.144. The van der Waals surface area contributed by atoms with E-state index in [0.29, 0.717) is 24.3 Å². The zero-order chi connectivity index (χ0) is 45.7. The highest BCUT2D eigenvalue weighted by Crippen LogP contribution is 2.44. The van der Waals surface area contributed by atoms with Gasteiger partial charge in [-0.15, -0.1) is 0 Å². The van der Waals surface area contributed by atoms with Crippen molar-refractivity contribution in [1.82, 2.24) is 4.57 Å². The highest BCUT2D eigenvalue weighted by molar-refractivity contribution is 6.35. The van der Waals surface area contributed by atoms with Crippen LogP contribution < -0.4 is 4.90 Å². The maximum Gasteiger partial charge on any atom is 0.416 e. The lowest BCUT2D eigenvalue weighted by Gasteiger charge is -2.16. The van der Waals surface area contributed by atoms with Gasteiger partial charge in [0.1, 0.15) is 0 Å². The first-order valence-electron chi connectivity index (χ1n) is 18.9. The summed E-state index contributed by atoms with van der Waals surface area (Å²) in [5, 5.41) is 0.150. The van der Waals surface area contributed by atoms with Gasteiger partial charge in [0.15, 0.2) is 0 Å². The molecule has 7 aromatic carbocycles. The molecule has 322 valence electrons. The van der Waals surface area contributed by atoms with Gasteiger partial charge in [0.2, 0.25) is 0 Å². The number of hydrogen-bond acceptors (Lipinski definition) is 2. The molecular formula is C48H24F12N2O2. The number of aromatic nitrogens is 1. The summed E-state index contributed by atoms with van der Waals surface area (Å²) in [4.78, 5) is 29.4. The number of benzene rings is 7. The standard InChI is InChI=1S/C48H24F12N2O2/c49-45(50,51)31-17-29(18-32(23-31)46(52,53)54)27-11-15-39-37(21-27)38-22-28(30-19-33(47(55,56)57)24-34(20-30)48(58,59)60)12-16-40(38)62(39)41-8-4-7-36-42(41)44(64)61(43(36)63)35-13-9-26(10-14-35)25-5-2-1-3-6-25/h1-24H. The number of anilines is 1. The third kappa shape index (κ3) is 7.31. The van der Waals surface area contributed by atoms with E-state index in [1.807, 2.05) is 30.3 Å². The van der Waals surface area contributed by atoms with Crippen molar-refractivity contribution in [2.45, 2.75) is 24.7 Å². The zero-order valence-electron chi connectivity index (χ0n) is 32.1. The van der Waals surface area contributed by atoms with Gasteiger partial charge in [-0.25, -0.2) is 4.90 Å². The van der Waals surface area contributed by atoms with E-state index in [4.69, 9.17) is 0 Å². The fourth-order valence-corrected chi connectivity index (χ4v) is 8.01. The number of carbonyl (C=O) groups excluding carboxylic acids is 2. The van der Waals surface area contributed by atoms with Crippen molar-refractivity contribution in [3.63, 3.8) is 0 Å². The molecule has 2 heterocycles. The SMILES string of the molecule is O=C1c2cccc(-n3c4ccc(-c5cc(C(F)(F)F)cc(C(F)(F)F)c5)cc4c4cc(-c5cc(C(F)(F)F)cc(C(F)(F)F)c5)ccc43)c2C(=O)N1c1ccc(-c2ccccc2)cc1. The van der Waals surface area contributed by atoms with Gasteiger partial charge in [-0.1, -0.05) is 60.7 Å². The monoisotopic (exact) mass is 888 g/mol. The van der Waals surface area contributed by atoms with Crippen molar-refractivity contribution in [2.75, 3.05) is 4.90 Å². The maximum atomic E-state index is 14.4. The Kier molecular flexibility index (Phi) is 9.58. The van der Waals surface area contributed by atoms with Gasteiger partial charge in [-0.05, 0) is 118 Å². The molecule has 1 aliphatic heterocycles. The number of alkyl halides is 12. The molecular weight excluding hydrogens is 865 g/mol. The number of hydrogen-bond donors (Lipinski definition) is 0. The van der Waals surface area contributed by atoms with Crippen LogP contribution in [0.3, 0.4) is 0 Å². The molecule has 0 atom stereocenters. The number of imide groups is 1. The maximum absolute atomic E-state index is 14.4. The first kappa shape index (κ1) is 42.0. The van der Waals surface area contributed by atoms with E-state index in [-0.39, 0.29) is 67.6 Å². The van der Waals surface area contributed by atoms with E-state index in [0.717, 1.165) is 16.0 Å². The molecule has 0 N–H and O–H groups in total. The molecule has 0 unspecified atom stereocenters. The van der Waals surface area contributed by atoms with Gasteiger partial charge in [0.05, 0.1) is 55.8 Å². The summed E-state index contributed by atoms with van der Waals surface area (Å²) in [6, 6.07) is 29.8. The van der Waals surface area contributed by atoms with Crippen LogP contribution in [0.15, 0.2) is 146 Å². The molecule has 0 fully saturated rings. The van der Waals surface area contributed by atoms with E-state index in [9.17, 15) is 62.3 Å². The smallest absolute Gasteiger partial charge is 0.308 e. The summed E-state index contributed by atoms with van der Waals surface area (Å²) in [6.07, 6.45) is -20.8. The van der Waals surface area contributed by atoms with Crippen LogP contribution in [0.25, 0.3) is 60.9 Å². The van der Waals surface area contributed by atoms with Crippen molar-refractivity contribution >= 4 is 39.3 Å². The van der Waals surface area contributed by atoms with E-state index in [1.54, 1.807) is 24.3 Å². The molecule has 0 aliphatic carbocycles. The minimum Gasteiger partial charge on any atom is -0.308 e. The van der Waals surface area contributed by atoms with Gasteiger partial charge in [0.25, 0.3) is 11.8 Å². The molecule has 1 aliphatic rings. The third-order valence-corrected chi connectivity index (χ3v) is 11.0. The van der Waals surface area contributed by atoms with Gasteiger partial charge >= 0.3 is 24.7 Å². The van der Waals surface area contributed by atoms with Gasteiger partial charge in [0, 0.05) is 10.8 Å². The normalized spacial score (nSPS) is 13.7. The summed E-state index contributed by atoms with van der Waals surface area (Å²) in [7, 11) is 0. The van der Waals surface area contributed by atoms with E-state index < -0.39 is 69.9 Å². The lowest BCUT2D eigenvalue weighted by atomic mass is 9.96. The number of halogens is 12. The van der Waals surface area contributed by atoms with Crippen molar-refractivity contribution in [3.8, 4) is 39.1 Å². The van der Waals surface area contributed by atoms with Gasteiger partial charge in [-0.3, -0.25) is 9.59 Å². The van der Waals surface area contributed by atoms with Crippen LogP contribution in [0, 0.1) is 0 Å².